The summed E-state index contributed by atoms with van der Waals surface area (Å²) in [6, 6.07) is 7.71. The van der Waals surface area contributed by atoms with Gasteiger partial charge < -0.3 is 19.3 Å². The molecule has 3 heterocycles. The van der Waals surface area contributed by atoms with Crippen LogP contribution in [0.3, 0.4) is 0 Å². The Kier molecular flexibility index (Phi) is 7.09. The van der Waals surface area contributed by atoms with Gasteiger partial charge in [-0.2, -0.15) is 0 Å². The molecule has 0 spiro atoms. The highest BCUT2D eigenvalue weighted by Gasteiger charge is 2.34. The zero-order valence-electron chi connectivity index (χ0n) is 18.7. The fourth-order valence-corrected chi connectivity index (χ4v) is 5.76. The largest absolute Gasteiger partial charge is 0.465 e. The van der Waals surface area contributed by atoms with Crippen molar-refractivity contribution in [1.29, 1.82) is 0 Å². The lowest BCUT2D eigenvalue weighted by atomic mass is 10.3. The SMILES string of the molecule is C=CCN1C(=CC=C2SC(C(=O)OC)=C(C(=O)OC)S2)N(CC=C)c2nc3ccccc3nc21. The average Bonchev–Trinajstić information content (AvgIpc) is 3.40. The predicted octanol–water partition coefficient (Wildman–Crippen LogP) is 4.35. The highest BCUT2D eigenvalue weighted by Crippen LogP contribution is 2.50. The summed E-state index contributed by atoms with van der Waals surface area (Å²) in [7, 11) is 2.55. The number of carbonyl (C=O) groups excluding carboxylic acids is 2. The molecule has 0 N–H and O–H groups in total. The Morgan fingerprint density at radius 1 is 0.882 bits per heavy atom. The number of nitrogens with zero attached hydrogens (tertiary/aromatic N) is 4. The number of ether oxygens (including phenoxy) is 2. The number of thioether (sulfide) groups is 2. The number of esters is 2. The zero-order chi connectivity index (χ0) is 24.2. The maximum atomic E-state index is 12.2. The Bertz CT molecular complexity index is 1200. The zero-order valence-corrected chi connectivity index (χ0v) is 20.3. The van der Waals surface area contributed by atoms with Gasteiger partial charge in [0.1, 0.15) is 15.6 Å². The molecule has 10 heteroatoms. The van der Waals surface area contributed by atoms with E-state index in [1.54, 1.807) is 12.2 Å². The maximum Gasteiger partial charge on any atom is 0.346 e. The van der Waals surface area contributed by atoms with Gasteiger partial charge in [-0.25, -0.2) is 19.6 Å². The quantitative estimate of drug-likeness (QED) is 0.409. The summed E-state index contributed by atoms with van der Waals surface area (Å²) in [5, 5.41) is 0. The molecule has 174 valence electrons. The summed E-state index contributed by atoms with van der Waals surface area (Å²) in [5.41, 5.74) is 1.59. The first-order valence-electron chi connectivity index (χ1n) is 10.2. The van der Waals surface area contributed by atoms with Crippen LogP contribution in [0.25, 0.3) is 11.0 Å². The minimum atomic E-state index is -0.580. The molecule has 0 atom stereocenters. The predicted molar refractivity (Wildman–Crippen MR) is 137 cm³/mol. The number of rotatable bonds is 7. The summed E-state index contributed by atoms with van der Waals surface area (Å²) in [4.78, 5) is 38.5. The Hall–Kier alpha value is -3.50. The van der Waals surface area contributed by atoms with E-state index < -0.39 is 11.9 Å². The molecule has 0 fully saturated rings. The second kappa shape index (κ2) is 10.2. The third-order valence-corrected chi connectivity index (χ3v) is 7.40. The average molecular weight is 495 g/mol. The first-order valence-corrected chi connectivity index (χ1v) is 11.9. The van der Waals surface area contributed by atoms with Crippen molar-refractivity contribution in [3.63, 3.8) is 0 Å². The molecule has 4 rings (SSSR count). The molecule has 1 aromatic carbocycles. The van der Waals surface area contributed by atoms with Crippen LogP contribution in [-0.4, -0.2) is 49.2 Å². The van der Waals surface area contributed by atoms with Crippen molar-refractivity contribution >= 4 is 58.1 Å². The summed E-state index contributed by atoms with van der Waals surface area (Å²) < 4.78 is 10.4. The third kappa shape index (κ3) is 4.34. The summed E-state index contributed by atoms with van der Waals surface area (Å²) >= 11 is 2.34. The Labute approximate surface area is 205 Å². The van der Waals surface area contributed by atoms with Crippen LogP contribution in [0.1, 0.15) is 0 Å². The van der Waals surface area contributed by atoms with E-state index in [-0.39, 0.29) is 9.81 Å². The highest BCUT2D eigenvalue weighted by molar-refractivity contribution is 8.29. The molecule has 8 nitrogen and oxygen atoms in total. The Morgan fingerprint density at radius 2 is 1.35 bits per heavy atom. The third-order valence-electron chi connectivity index (χ3n) is 4.94. The van der Waals surface area contributed by atoms with E-state index in [9.17, 15) is 9.59 Å². The number of benzene rings is 1. The second-order valence-corrected chi connectivity index (χ2v) is 9.38. The van der Waals surface area contributed by atoms with E-state index in [4.69, 9.17) is 19.4 Å². The molecule has 1 aromatic heterocycles. The van der Waals surface area contributed by atoms with Crippen molar-refractivity contribution < 1.29 is 19.1 Å². The van der Waals surface area contributed by atoms with Crippen molar-refractivity contribution in [2.45, 2.75) is 0 Å². The number of hydrogen-bond donors (Lipinski definition) is 0. The number of fused-ring (bicyclic) bond motifs is 2. The van der Waals surface area contributed by atoms with Crippen molar-refractivity contribution in [1.82, 2.24) is 9.97 Å². The van der Waals surface area contributed by atoms with Gasteiger partial charge in [0.25, 0.3) is 0 Å². The molecule has 0 saturated heterocycles. The number of hydrogen-bond acceptors (Lipinski definition) is 10. The van der Waals surface area contributed by atoms with Crippen LogP contribution in [0.2, 0.25) is 0 Å². The lowest BCUT2D eigenvalue weighted by Crippen LogP contribution is -2.28. The van der Waals surface area contributed by atoms with Crippen molar-refractivity contribution in [2.75, 3.05) is 37.1 Å². The smallest absolute Gasteiger partial charge is 0.346 e. The molecule has 0 radical (unpaired) electrons. The number of allylic oxidation sites excluding steroid dienone is 2. The minimum Gasteiger partial charge on any atom is -0.465 e. The standard InChI is InChI=1S/C24H22N4O4S2/c1-5-13-27-17(11-12-18-33-19(23(29)31-3)20(34-18)24(30)32-4)28(14-6-2)22-21(27)25-15-9-7-8-10-16(15)26-22/h5-12H,1-2,13-14H2,3-4H3. The number of methoxy groups -OCH3 is 2. The van der Waals surface area contributed by atoms with Gasteiger partial charge in [0.2, 0.25) is 0 Å². The van der Waals surface area contributed by atoms with Crippen molar-refractivity contribution in [2.24, 2.45) is 0 Å². The molecule has 0 aliphatic carbocycles. The van der Waals surface area contributed by atoms with E-state index in [1.165, 1.54) is 37.7 Å². The van der Waals surface area contributed by atoms with Gasteiger partial charge in [-0.1, -0.05) is 47.8 Å². The van der Waals surface area contributed by atoms with Crippen molar-refractivity contribution in [3.05, 3.63) is 81.6 Å². The molecule has 0 saturated carbocycles. The van der Waals surface area contributed by atoms with E-state index >= 15 is 0 Å². The van der Waals surface area contributed by atoms with E-state index in [0.29, 0.717) is 13.1 Å². The van der Waals surface area contributed by atoms with Gasteiger partial charge in [0, 0.05) is 13.1 Å². The summed E-state index contributed by atoms with van der Waals surface area (Å²) in [6.07, 6.45) is 7.35. The van der Waals surface area contributed by atoms with E-state index in [1.807, 2.05) is 46.2 Å². The molecule has 0 unspecified atom stereocenters. The lowest BCUT2D eigenvalue weighted by molar-refractivity contribution is -0.138. The normalized spacial score (nSPS) is 14.9. The first kappa shape index (κ1) is 23.7. The molecule has 2 aromatic rings. The minimum absolute atomic E-state index is 0.208. The van der Waals surface area contributed by atoms with Gasteiger partial charge in [-0.15, -0.1) is 13.2 Å². The first-order chi connectivity index (χ1) is 16.5. The Balaban J connectivity index is 1.75. The molecular weight excluding hydrogens is 472 g/mol. The van der Waals surface area contributed by atoms with Crippen LogP contribution < -0.4 is 9.80 Å². The summed E-state index contributed by atoms with van der Waals surface area (Å²) in [5.74, 6) is 1.11. The van der Waals surface area contributed by atoms with Gasteiger partial charge in [0.15, 0.2) is 11.6 Å². The van der Waals surface area contributed by atoms with Crippen LogP contribution in [0.4, 0.5) is 11.6 Å². The molecule has 2 aliphatic rings. The summed E-state index contributed by atoms with van der Waals surface area (Å²) in [6.45, 7) is 8.81. The number of aromatic nitrogens is 2. The monoisotopic (exact) mass is 494 g/mol. The van der Waals surface area contributed by atoms with Gasteiger partial charge in [-0.3, -0.25) is 0 Å². The van der Waals surface area contributed by atoms with Crippen LogP contribution in [0.5, 0.6) is 0 Å². The fourth-order valence-electron chi connectivity index (χ4n) is 3.48. The molecule has 34 heavy (non-hydrogen) atoms. The van der Waals surface area contributed by atoms with E-state index in [2.05, 4.69) is 13.2 Å². The van der Waals surface area contributed by atoms with Gasteiger partial charge >= 0.3 is 11.9 Å². The van der Waals surface area contributed by atoms with Gasteiger partial charge in [0.05, 0.1) is 29.5 Å². The molecule has 0 bridgehead atoms. The van der Waals surface area contributed by atoms with Crippen LogP contribution in [0.15, 0.2) is 81.6 Å². The number of para-hydroxylation sites is 2. The van der Waals surface area contributed by atoms with Crippen LogP contribution in [-0.2, 0) is 19.1 Å². The Morgan fingerprint density at radius 3 is 1.76 bits per heavy atom. The van der Waals surface area contributed by atoms with Crippen LogP contribution >= 0.6 is 23.5 Å². The molecule has 2 aliphatic heterocycles. The van der Waals surface area contributed by atoms with E-state index in [0.717, 1.165) is 32.7 Å². The van der Waals surface area contributed by atoms with Crippen molar-refractivity contribution in [3.8, 4) is 0 Å². The number of carbonyl (C=O) groups is 2. The molecular formula is C24H22N4O4S2. The van der Waals surface area contributed by atoms with Gasteiger partial charge in [-0.05, 0) is 24.3 Å². The molecule has 0 amide bonds. The number of anilines is 2. The maximum absolute atomic E-state index is 12.2. The highest BCUT2D eigenvalue weighted by atomic mass is 32.2. The lowest BCUT2D eigenvalue weighted by Gasteiger charge is -2.22. The van der Waals surface area contributed by atoms with Crippen LogP contribution in [0, 0.1) is 0 Å². The fraction of sp³-hybridized carbons (Fsp3) is 0.167. The second-order valence-electron chi connectivity index (χ2n) is 7.01. The topological polar surface area (TPSA) is 84.9 Å².